The van der Waals surface area contributed by atoms with Gasteiger partial charge in [-0.2, -0.15) is 0 Å². The summed E-state index contributed by atoms with van der Waals surface area (Å²) < 4.78 is 0.514. The summed E-state index contributed by atoms with van der Waals surface area (Å²) in [7, 11) is 0. The number of halogens is 2. The molecule has 1 heterocycles. The maximum Gasteiger partial charge on any atom is 0.0933 e. The van der Waals surface area contributed by atoms with Crippen LogP contribution in [0.3, 0.4) is 0 Å². The lowest BCUT2D eigenvalue weighted by Gasteiger charge is -2.34. The van der Waals surface area contributed by atoms with Crippen LogP contribution in [0.4, 0.5) is 5.69 Å². The van der Waals surface area contributed by atoms with E-state index in [4.69, 9.17) is 11.6 Å². The third kappa shape index (κ3) is 2.32. The zero-order valence-corrected chi connectivity index (χ0v) is 10.6. The zero-order chi connectivity index (χ0) is 9.97. The molecule has 76 valence electrons. The number of alkyl halides is 1. The van der Waals surface area contributed by atoms with E-state index in [1.165, 1.54) is 5.69 Å². The van der Waals surface area contributed by atoms with Gasteiger partial charge in [0.15, 0.2) is 0 Å². The van der Waals surface area contributed by atoms with Crippen LogP contribution in [0.5, 0.6) is 0 Å². The summed E-state index contributed by atoms with van der Waals surface area (Å²) in [4.78, 5) is 2.38. The summed E-state index contributed by atoms with van der Waals surface area (Å²) in [6, 6.07) is 8.06. The first-order chi connectivity index (χ1) is 6.77. The number of hydrogen-bond acceptors (Lipinski definition) is 2. The van der Waals surface area contributed by atoms with E-state index in [-0.39, 0.29) is 0 Å². The van der Waals surface area contributed by atoms with Crippen LogP contribution in [0.25, 0.3) is 0 Å². The van der Waals surface area contributed by atoms with Gasteiger partial charge in [0.25, 0.3) is 0 Å². The lowest BCUT2D eigenvalue weighted by Crippen LogP contribution is -2.48. The minimum absolute atomic E-state index is 0.514. The molecule has 2 nitrogen and oxygen atoms in total. The van der Waals surface area contributed by atoms with Crippen molar-refractivity contribution < 1.29 is 0 Å². The maximum atomic E-state index is 5.97. The number of anilines is 1. The first-order valence-electron chi connectivity index (χ1n) is 4.64. The van der Waals surface area contributed by atoms with Gasteiger partial charge in [0.1, 0.15) is 0 Å². The van der Waals surface area contributed by atoms with E-state index in [2.05, 4.69) is 38.9 Å². The first-order valence-corrected chi connectivity index (χ1v) is 6.27. The molecule has 1 saturated heterocycles. The van der Waals surface area contributed by atoms with Crippen LogP contribution in [0.2, 0.25) is 5.02 Å². The van der Waals surface area contributed by atoms with Crippen molar-refractivity contribution in [3.05, 3.63) is 29.3 Å². The van der Waals surface area contributed by atoms with Gasteiger partial charge in [-0.25, -0.2) is 0 Å². The fraction of sp³-hybridized carbons (Fsp3) is 0.400. The van der Waals surface area contributed by atoms with Crippen molar-refractivity contribution >= 4 is 39.9 Å². The Kier molecular flexibility index (Phi) is 3.52. The van der Waals surface area contributed by atoms with Crippen molar-refractivity contribution in [1.82, 2.24) is 5.32 Å². The quantitative estimate of drug-likeness (QED) is 0.485. The summed E-state index contributed by atoms with van der Waals surface area (Å²) in [6.45, 7) is 3.13. The summed E-state index contributed by atoms with van der Waals surface area (Å²) in [5, 5.41) is 4.18. The predicted molar refractivity (Wildman–Crippen MR) is 69.5 cm³/mol. The summed E-state index contributed by atoms with van der Waals surface area (Å²) in [6.07, 6.45) is 0. The Hall–Kier alpha value is -0.000000000000000111. The third-order valence-electron chi connectivity index (χ3n) is 2.32. The maximum absolute atomic E-state index is 5.97. The molecule has 14 heavy (non-hydrogen) atoms. The number of rotatable bonds is 1. The minimum Gasteiger partial charge on any atom is -0.357 e. The van der Waals surface area contributed by atoms with Crippen LogP contribution < -0.4 is 10.2 Å². The fourth-order valence-electron chi connectivity index (χ4n) is 1.62. The van der Waals surface area contributed by atoms with Crippen molar-refractivity contribution in [3.63, 3.8) is 0 Å². The second kappa shape index (κ2) is 4.68. The molecule has 0 radical (unpaired) electrons. The van der Waals surface area contributed by atoms with Crippen LogP contribution in [-0.2, 0) is 0 Å². The monoisotopic (exact) mass is 322 g/mol. The molecule has 0 saturated carbocycles. The van der Waals surface area contributed by atoms with Crippen molar-refractivity contribution in [2.24, 2.45) is 0 Å². The molecule has 4 heteroatoms. The number of nitrogens with one attached hydrogen (secondary N) is 1. The molecule has 0 bridgehead atoms. The summed E-state index contributed by atoms with van der Waals surface area (Å²) >= 11 is 8.42. The molecule has 1 unspecified atom stereocenters. The molecule has 1 N–H and O–H groups in total. The lowest BCUT2D eigenvalue weighted by atomic mass is 10.2. The van der Waals surface area contributed by atoms with Crippen LogP contribution in [0, 0.1) is 0 Å². The van der Waals surface area contributed by atoms with E-state index in [0.717, 1.165) is 24.7 Å². The van der Waals surface area contributed by atoms with Crippen LogP contribution in [0.15, 0.2) is 24.3 Å². The summed E-state index contributed by atoms with van der Waals surface area (Å²) in [5.41, 5.74) is 1.22. The predicted octanol–water partition coefficient (Wildman–Crippen LogP) is 2.51. The third-order valence-corrected chi connectivity index (χ3v) is 3.67. The van der Waals surface area contributed by atoms with Crippen LogP contribution >= 0.6 is 34.2 Å². The highest BCUT2D eigenvalue weighted by atomic mass is 127. The molecule has 1 aliphatic heterocycles. The van der Waals surface area contributed by atoms with Crippen molar-refractivity contribution in [3.8, 4) is 0 Å². The van der Waals surface area contributed by atoms with Gasteiger partial charge in [0.05, 0.1) is 4.05 Å². The van der Waals surface area contributed by atoms with Gasteiger partial charge in [-0.1, -0.05) is 40.3 Å². The van der Waals surface area contributed by atoms with Crippen molar-refractivity contribution in [2.45, 2.75) is 4.05 Å². The topological polar surface area (TPSA) is 15.3 Å². The molecule has 1 aromatic rings. The molecular weight excluding hydrogens is 310 g/mol. The Labute approximate surface area is 103 Å². The average molecular weight is 323 g/mol. The summed E-state index contributed by atoms with van der Waals surface area (Å²) in [5.74, 6) is 0. The first kappa shape index (κ1) is 10.5. The second-order valence-electron chi connectivity index (χ2n) is 3.31. The lowest BCUT2D eigenvalue weighted by molar-refractivity contribution is 0.576. The van der Waals surface area contributed by atoms with E-state index in [1.54, 1.807) is 0 Å². The Bertz CT molecular complexity index is 319. The van der Waals surface area contributed by atoms with Gasteiger partial charge in [0, 0.05) is 30.3 Å². The number of piperazine rings is 1. The largest absolute Gasteiger partial charge is 0.357 e. The molecule has 1 fully saturated rings. The van der Waals surface area contributed by atoms with Crippen molar-refractivity contribution in [2.75, 3.05) is 24.5 Å². The Morgan fingerprint density at radius 3 is 3.07 bits per heavy atom. The van der Waals surface area contributed by atoms with Gasteiger partial charge in [-0.15, -0.1) is 0 Å². The van der Waals surface area contributed by atoms with Gasteiger partial charge in [-0.3, -0.25) is 0 Å². The Balaban J connectivity index is 2.20. The molecule has 0 aliphatic carbocycles. The highest BCUT2D eigenvalue weighted by Crippen LogP contribution is 2.24. The molecule has 0 aromatic heterocycles. The van der Waals surface area contributed by atoms with Gasteiger partial charge in [0.2, 0.25) is 0 Å². The van der Waals surface area contributed by atoms with Crippen LogP contribution in [-0.4, -0.2) is 23.7 Å². The van der Waals surface area contributed by atoms with E-state index in [1.807, 2.05) is 18.2 Å². The number of nitrogens with zero attached hydrogens (tertiary/aromatic N) is 1. The Morgan fingerprint density at radius 1 is 1.50 bits per heavy atom. The van der Waals surface area contributed by atoms with Gasteiger partial charge < -0.3 is 10.2 Å². The van der Waals surface area contributed by atoms with E-state index < -0.39 is 0 Å². The highest BCUT2D eigenvalue weighted by molar-refractivity contribution is 14.1. The highest BCUT2D eigenvalue weighted by Gasteiger charge is 2.19. The van der Waals surface area contributed by atoms with Crippen LogP contribution in [0.1, 0.15) is 0 Å². The normalized spacial score (nSPS) is 22.4. The Morgan fingerprint density at radius 2 is 2.36 bits per heavy atom. The second-order valence-corrected chi connectivity index (χ2v) is 5.19. The number of benzene rings is 1. The van der Waals surface area contributed by atoms with Gasteiger partial charge >= 0.3 is 0 Å². The van der Waals surface area contributed by atoms with E-state index in [0.29, 0.717) is 4.05 Å². The van der Waals surface area contributed by atoms with Gasteiger partial charge in [-0.05, 0) is 18.2 Å². The SMILES string of the molecule is Clc1cccc(N2CCNCC2I)c1. The minimum atomic E-state index is 0.514. The smallest absolute Gasteiger partial charge is 0.0933 e. The molecular formula is C10H12ClIN2. The molecule has 0 amide bonds. The fourth-order valence-corrected chi connectivity index (χ4v) is 2.71. The molecule has 1 aromatic carbocycles. The zero-order valence-electron chi connectivity index (χ0n) is 7.71. The molecule has 2 rings (SSSR count). The van der Waals surface area contributed by atoms with E-state index >= 15 is 0 Å². The molecule has 0 spiro atoms. The molecule has 1 aliphatic rings. The number of hydrogen-bond donors (Lipinski definition) is 1. The van der Waals surface area contributed by atoms with E-state index in [9.17, 15) is 0 Å². The standard InChI is InChI=1S/C10H12ClIN2/c11-8-2-1-3-9(6-8)14-5-4-13-7-10(14)12/h1-3,6,10,13H,4-5,7H2. The molecule has 1 atom stereocenters. The van der Waals surface area contributed by atoms with Crippen molar-refractivity contribution in [1.29, 1.82) is 0 Å². The average Bonchev–Trinajstić information content (AvgIpc) is 2.18.